The Kier molecular flexibility index (Phi) is 4.21. The largest absolute Gasteiger partial charge is 0.489 e. The Morgan fingerprint density at radius 3 is 2.67 bits per heavy atom. The van der Waals surface area contributed by atoms with Gasteiger partial charge in [-0.1, -0.05) is 18.2 Å². The van der Waals surface area contributed by atoms with E-state index in [1.54, 1.807) is 11.0 Å². The van der Waals surface area contributed by atoms with Crippen LogP contribution in [0, 0.1) is 0 Å². The fourth-order valence-corrected chi connectivity index (χ4v) is 2.22. The minimum Gasteiger partial charge on any atom is -0.489 e. The molecule has 1 aliphatic heterocycles. The van der Waals surface area contributed by atoms with E-state index in [0.29, 0.717) is 38.7 Å². The third kappa shape index (κ3) is 3.25. The predicted molar refractivity (Wildman–Crippen MR) is 76.2 cm³/mol. The summed E-state index contributed by atoms with van der Waals surface area (Å²) in [5.74, 6) is 1.02. The van der Waals surface area contributed by atoms with Crippen molar-refractivity contribution in [3.8, 4) is 5.75 Å². The van der Waals surface area contributed by atoms with Gasteiger partial charge in [-0.05, 0) is 18.2 Å². The van der Waals surface area contributed by atoms with Crippen LogP contribution in [0.15, 0.2) is 47.1 Å². The monoisotopic (exact) mass is 287 g/mol. The molecule has 110 valence electrons. The van der Waals surface area contributed by atoms with Gasteiger partial charge >= 0.3 is 0 Å². The Hall–Kier alpha value is -2.27. The van der Waals surface area contributed by atoms with Gasteiger partial charge in [0.25, 0.3) is 5.91 Å². The molecule has 1 aliphatic rings. The normalized spacial score (nSPS) is 15.0. The number of ether oxygens (including phenoxy) is 2. The number of hydrogen-bond acceptors (Lipinski definition) is 4. The van der Waals surface area contributed by atoms with Crippen molar-refractivity contribution >= 4 is 5.91 Å². The average molecular weight is 287 g/mol. The summed E-state index contributed by atoms with van der Waals surface area (Å²) in [5.41, 5.74) is 0.760. The van der Waals surface area contributed by atoms with E-state index in [-0.39, 0.29) is 5.91 Å². The molecule has 0 N–H and O–H groups in total. The molecule has 1 aromatic heterocycles. The highest BCUT2D eigenvalue weighted by atomic mass is 16.5. The fourth-order valence-electron chi connectivity index (χ4n) is 2.22. The van der Waals surface area contributed by atoms with Crippen LogP contribution in [-0.2, 0) is 11.3 Å². The summed E-state index contributed by atoms with van der Waals surface area (Å²) in [7, 11) is 0. The zero-order chi connectivity index (χ0) is 14.5. The lowest BCUT2D eigenvalue weighted by molar-refractivity contribution is 0.0280. The van der Waals surface area contributed by atoms with Crippen molar-refractivity contribution in [1.29, 1.82) is 0 Å². The number of amides is 1. The van der Waals surface area contributed by atoms with E-state index in [2.05, 4.69) is 0 Å². The lowest BCUT2D eigenvalue weighted by Crippen LogP contribution is -2.40. The Morgan fingerprint density at radius 1 is 1.14 bits per heavy atom. The van der Waals surface area contributed by atoms with Crippen LogP contribution in [0.5, 0.6) is 5.75 Å². The highest BCUT2D eigenvalue weighted by Crippen LogP contribution is 2.18. The topological polar surface area (TPSA) is 51.9 Å². The van der Waals surface area contributed by atoms with Crippen molar-refractivity contribution in [3.05, 3.63) is 54.0 Å². The van der Waals surface area contributed by atoms with Crippen molar-refractivity contribution in [2.75, 3.05) is 26.3 Å². The van der Waals surface area contributed by atoms with Crippen molar-refractivity contribution in [2.45, 2.75) is 6.61 Å². The Balaban J connectivity index is 1.67. The van der Waals surface area contributed by atoms with Gasteiger partial charge in [0.1, 0.15) is 12.4 Å². The average Bonchev–Trinajstić information content (AvgIpc) is 3.02. The lowest BCUT2D eigenvalue weighted by Gasteiger charge is -2.26. The minimum atomic E-state index is -0.102. The number of carbonyl (C=O) groups excluding carboxylic acids is 1. The van der Waals surface area contributed by atoms with Crippen molar-refractivity contribution in [3.63, 3.8) is 0 Å². The molecule has 2 aromatic rings. The molecule has 1 amide bonds. The molecule has 21 heavy (non-hydrogen) atoms. The molecule has 0 spiro atoms. The maximum Gasteiger partial charge on any atom is 0.290 e. The first-order chi connectivity index (χ1) is 10.3. The van der Waals surface area contributed by atoms with Crippen LogP contribution in [0.3, 0.4) is 0 Å². The summed E-state index contributed by atoms with van der Waals surface area (Å²) < 4.78 is 16.3. The first-order valence-corrected chi connectivity index (χ1v) is 6.96. The number of furan rings is 1. The van der Waals surface area contributed by atoms with E-state index in [9.17, 15) is 4.79 Å². The summed E-state index contributed by atoms with van der Waals surface area (Å²) >= 11 is 0. The highest BCUT2D eigenvalue weighted by molar-refractivity contribution is 5.93. The summed E-state index contributed by atoms with van der Waals surface area (Å²) in [6.07, 6.45) is 1.53. The second-order valence-corrected chi connectivity index (χ2v) is 4.78. The molecule has 0 atom stereocenters. The summed E-state index contributed by atoms with van der Waals surface area (Å²) in [4.78, 5) is 14.2. The molecule has 0 bridgehead atoms. The van der Waals surface area contributed by atoms with Gasteiger partial charge in [-0.15, -0.1) is 0 Å². The van der Waals surface area contributed by atoms with Gasteiger partial charge in [0.2, 0.25) is 0 Å². The van der Waals surface area contributed by atoms with Gasteiger partial charge in [-0.2, -0.15) is 0 Å². The molecular formula is C16H17NO4. The maximum atomic E-state index is 12.4. The first kappa shape index (κ1) is 13.7. The number of hydrogen-bond donors (Lipinski definition) is 0. The number of rotatable bonds is 4. The standard InChI is InChI=1S/C16H17NO4/c18-16(17-7-10-19-11-8-17)15-13(6-9-20-15)12-21-14-4-2-1-3-5-14/h1-6,9H,7-8,10-12H2. The minimum absolute atomic E-state index is 0.102. The van der Waals surface area contributed by atoms with Gasteiger partial charge in [-0.25, -0.2) is 0 Å². The molecule has 1 aromatic carbocycles. The second-order valence-electron chi connectivity index (χ2n) is 4.78. The Bertz CT molecular complexity index is 587. The fraction of sp³-hybridized carbons (Fsp3) is 0.312. The van der Waals surface area contributed by atoms with Crippen LogP contribution < -0.4 is 4.74 Å². The summed E-state index contributed by atoms with van der Waals surface area (Å²) in [6.45, 7) is 2.65. The molecule has 5 nitrogen and oxygen atoms in total. The third-order valence-corrected chi connectivity index (χ3v) is 3.38. The first-order valence-electron chi connectivity index (χ1n) is 6.96. The maximum absolute atomic E-state index is 12.4. The van der Waals surface area contributed by atoms with Crippen molar-refractivity contribution < 1.29 is 18.7 Å². The summed E-state index contributed by atoms with van der Waals surface area (Å²) in [6, 6.07) is 11.3. The van der Waals surface area contributed by atoms with E-state index in [4.69, 9.17) is 13.9 Å². The highest BCUT2D eigenvalue weighted by Gasteiger charge is 2.23. The molecule has 3 rings (SSSR count). The van der Waals surface area contributed by atoms with Crippen LogP contribution >= 0.6 is 0 Å². The molecule has 1 fully saturated rings. The van der Waals surface area contributed by atoms with E-state index >= 15 is 0 Å². The molecule has 1 saturated heterocycles. The van der Waals surface area contributed by atoms with E-state index in [1.165, 1.54) is 6.26 Å². The van der Waals surface area contributed by atoms with Gasteiger partial charge in [0.05, 0.1) is 19.5 Å². The van der Waals surface area contributed by atoms with Crippen LogP contribution in [0.1, 0.15) is 16.1 Å². The number of morpholine rings is 1. The van der Waals surface area contributed by atoms with Gasteiger partial charge in [0, 0.05) is 18.7 Å². The van der Waals surface area contributed by atoms with Crippen LogP contribution in [0.4, 0.5) is 0 Å². The third-order valence-electron chi connectivity index (χ3n) is 3.38. The molecular weight excluding hydrogens is 270 g/mol. The van der Waals surface area contributed by atoms with Gasteiger partial charge in [-0.3, -0.25) is 4.79 Å². The van der Waals surface area contributed by atoms with Crippen LogP contribution in [-0.4, -0.2) is 37.1 Å². The molecule has 0 saturated carbocycles. The quantitative estimate of drug-likeness (QED) is 0.866. The van der Waals surface area contributed by atoms with Gasteiger partial charge in [0.15, 0.2) is 5.76 Å². The SMILES string of the molecule is O=C(c1occc1COc1ccccc1)N1CCOCC1. The molecule has 0 unspecified atom stereocenters. The molecule has 5 heteroatoms. The van der Waals surface area contributed by atoms with Crippen molar-refractivity contribution in [1.82, 2.24) is 4.90 Å². The van der Waals surface area contributed by atoms with E-state index in [1.807, 2.05) is 30.3 Å². The Labute approximate surface area is 123 Å². The Morgan fingerprint density at radius 2 is 1.90 bits per heavy atom. The van der Waals surface area contributed by atoms with E-state index < -0.39 is 0 Å². The van der Waals surface area contributed by atoms with E-state index in [0.717, 1.165) is 11.3 Å². The lowest BCUT2D eigenvalue weighted by atomic mass is 10.2. The zero-order valence-electron chi connectivity index (χ0n) is 11.7. The smallest absolute Gasteiger partial charge is 0.290 e. The van der Waals surface area contributed by atoms with Crippen LogP contribution in [0.2, 0.25) is 0 Å². The number of carbonyl (C=O) groups is 1. The van der Waals surface area contributed by atoms with Gasteiger partial charge < -0.3 is 18.8 Å². The molecule has 2 heterocycles. The number of para-hydroxylation sites is 1. The van der Waals surface area contributed by atoms with Crippen LogP contribution in [0.25, 0.3) is 0 Å². The number of benzene rings is 1. The zero-order valence-corrected chi connectivity index (χ0v) is 11.7. The summed E-state index contributed by atoms with van der Waals surface area (Å²) in [5, 5.41) is 0. The predicted octanol–water partition coefficient (Wildman–Crippen LogP) is 2.33. The number of nitrogens with zero attached hydrogens (tertiary/aromatic N) is 1. The van der Waals surface area contributed by atoms with Crippen molar-refractivity contribution in [2.24, 2.45) is 0 Å². The molecule has 0 aliphatic carbocycles. The second kappa shape index (κ2) is 6.45. The molecule has 0 radical (unpaired) electrons.